The number of nitrogens with zero attached hydrogens (tertiary/aromatic N) is 2. The highest BCUT2D eigenvalue weighted by Crippen LogP contribution is 2.30. The number of rotatable bonds is 9. The molecule has 1 N–H and O–H groups in total. The van der Waals surface area contributed by atoms with Crippen molar-refractivity contribution in [1.29, 1.82) is 0 Å². The molecule has 1 heterocycles. The van der Waals surface area contributed by atoms with E-state index >= 15 is 0 Å². The van der Waals surface area contributed by atoms with E-state index in [0.29, 0.717) is 23.0 Å². The molecule has 0 aliphatic carbocycles. The molecule has 210 valence electrons. The average molecular weight is 590 g/mol. The van der Waals surface area contributed by atoms with E-state index in [9.17, 15) is 22.8 Å². The Morgan fingerprint density at radius 1 is 0.950 bits per heavy atom. The Balaban J connectivity index is 1.58. The van der Waals surface area contributed by atoms with Crippen LogP contribution in [0.5, 0.6) is 0 Å². The number of benzene rings is 3. The van der Waals surface area contributed by atoms with E-state index in [4.69, 9.17) is 23.2 Å². The Labute approximate surface area is 240 Å². The minimum absolute atomic E-state index is 0.133. The summed E-state index contributed by atoms with van der Waals surface area (Å²) in [5.74, 6) is -1.000. The van der Waals surface area contributed by atoms with Crippen LogP contribution in [0.2, 0.25) is 10.0 Å². The van der Waals surface area contributed by atoms with Crippen LogP contribution < -0.4 is 0 Å². The molecular formula is C30H28Cl2F3N3O2. The number of nitrogens with one attached hydrogen (secondary N) is 1. The summed E-state index contributed by atoms with van der Waals surface area (Å²) in [7, 11) is 0. The molecule has 0 saturated heterocycles. The molecule has 0 spiro atoms. The van der Waals surface area contributed by atoms with Gasteiger partial charge in [0, 0.05) is 41.8 Å². The molecule has 0 aliphatic heterocycles. The number of halogens is 5. The molecule has 3 aromatic carbocycles. The van der Waals surface area contributed by atoms with Gasteiger partial charge in [-0.15, -0.1) is 0 Å². The van der Waals surface area contributed by atoms with Crippen molar-refractivity contribution >= 4 is 45.9 Å². The molecule has 4 aromatic rings. The van der Waals surface area contributed by atoms with Crippen molar-refractivity contribution in [3.63, 3.8) is 0 Å². The lowest BCUT2D eigenvalue weighted by Gasteiger charge is -2.30. The Morgan fingerprint density at radius 2 is 1.70 bits per heavy atom. The van der Waals surface area contributed by atoms with Crippen LogP contribution in [0.25, 0.3) is 10.9 Å². The van der Waals surface area contributed by atoms with Crippen molar-refractivity contribution < 1.29 is 22.8 Å². The van der Waals surface area contributed by atoms with Gasteiger partial charge in [0.15, 0.2) is 0 Å². The molecular weight excluding hydrogens is 562 g/mol. The van der Waals surface area contributed by atoms with Gasteiger partial charge in [-0.2, -0.15) is 13.2 Å². The fourth-order valence-electron chi connectivity index (χ4n) is 4.47. The first kappa shape index (κ1) is 29.5. The van der Waals surface area contributed by atoms with Crippen LogP contribution in [0.3, 0.4) is 0 Å². The van der Waals surface area contributed by atoms with Crippen LogP contribution in [0.4, 0.5) is 13.2 Å². The number of carbonyl (C=O) groups excluding carboxylic acids is 2. The van der Waals surface area contributed by atoms with Crippen LogP contribution in [-0.2, 0) is 23.9 Å². The third kappa shape index (κ3) is 6.98. The minimum atomic E-state index is -4.59. The predicted octanol–water partition coefficient (Wildman–Crippen LogP) is 7.62. The Bertz CT molecular complexity index is 1520. The highest BCUT2D eigenvalue weighted by molar-refractivity contribution is 6.42. The van der Waals surface area contributed by atoms with Crippen molar-refractivity contribution in [1.82, 2.24) is 14.8 Å². The first-order valence-electron chi connectivity index (χ1n) is 12.7. The number of hydrogen-bond acceptors (Lipinski definition) is 2. The molecule has 0 saturated carbocycles. The molecule has 0 fully saturated rings. The largest absolute Gasteiger partial charge is 0.416 e. The highest BCUT2D eigenvalue weighted by Gasteiger charge is 2.32. The van der Waals surface area contributed by atoms with Gasteiger partial charge in [-0.05, 0) is 67.8 Å². The monoisotopic (exact) mass is 589 g/mol. The zero-order valence-electron chi connectivity index (χ0n) is 21.9. The van der Waals surface area contributed by atoms with Crippen molar-refractivity contribution in [3.8, 4) is 0 Å². The molecule has 2 amide bonds. The zero-order chi connectivity index (χ0) is 29.0. The second-order valence-corrected chi connectivity index (χ2v) is 10.6. The predicted molar refractivity (Wildman–Crippen MR) is 151 cm³/mol. The Morgan fingerprint density at radius 3 is 2.40 bits per heavy atom. The van der Waals surface area contributed by atoms with Gasteiger partial charge in [-0.25, -0.2) is 0 Å². The molecule has 0 aliphatic rings. The van der Waals surface area contributed by atoms with E-state index < -0.39 is 23.7 Å². The van der Waals surface area contributed by atoms with Gasteiger partial charge in [0.2, 0.25) is 5.91 Å². The van der Waals surface area contributed by atoms with Crippen molar-refractivity contribution in [2.24, 2.45) is 0 Å². The smallest absolute Gasteiger partial charge is 0.361 e. The Hall–Kier alpha value is -3.49. The number of alkyl halides is 3. The third-order valence-electron chi connectivity index (χ3n) is 6.66. The first-order valence-corrected chi connectivity index (χ1v) is 13.4. The van der Waals surface area contributed by atoms with Gasteiger partial charge >= 0.3 is 6.18 Å². The van der Waals surface area contributed by atoms with Crippen LogP contribution in [0.1, 0.15) is 40.9 Å². The molecule has 0 atom stereocenters. The van der Waals surface area contributed by atoms with Crippen LogP contribution in [0.15, 0.2) is 72.9 Å². The number of aromatic nitrogens is 1. The first-order chi connectivity index (χ1) is 18.9. The van der Waals surface area contributed by atoms with Crippen LogP contribution >= 0.6 is 23.2 Å². The molecule has 0 bridgehead atoms. The summed E-state index contributed by atoms with van der Waals surface area (Å²) >= 11 is 12.3. The van der Waals surface area contributed by atoms with Crippen LogP contribution in [-0.4, -0.2) is 45.7 Å². The standard InChI is InChI=1S/C30H28Cl2F3N3O2/c1-19(2)38(29(40)21-6-5-7-23(15-21)30(33,34)35)18-28(39)37(17-20-10-11-25(31)26(32)14-20)13-12-22-16-36-27-9-4-3-8-24(22)27/h3-11,14-16,19,36H,12-13,17-18H2,1-2H3. The zero-order valence-corrected chi connectivity index (χ0v) is 23.4. The van der Waals surface area contributed by atoms with E-state index in [1.807, 2.05) is 30.5 Å². The van der Waals surface area contributed by atoms with E-state index in [1.165, 1.54) is 17.0 Å². The fourth-order valence-corrected chi connectivity index (χ4v) is 4.79. The highest BCUT2D eigenvalue weighted by atomic mass is 35.5. The van der Waals surface area contributed by atoms with Gasteiger partial charge < -0.3 is 14.8 Å². The van der Waals surface area contributed by atoms with Crippen molar-refractivity contribution in [3.05, 3.63) is 105 Å². The van der Waals surface area contributed by atoms with Gasteiger partial charge in [0.1, 0.15) is 6.54 Å². The summed E-state index contributed by atoms with van der Waals surface area (Å²) in [5, 5.41) is 1.79. The maximum Gasteiger partial charge on any atom is 0.416 e. The maximum absolute atomic E-state index is 13.7. The average Bonchev–Trinajstić information content (AvgIpc) is 3.33. The second kappa shape index (κ2) is 12.4. The van der Waals surface area contributed by atoms with Gasteiger partial charge in [-0.1, -0.05) is 53.5 Å². The number of carbonyl (C=O) groups is 2. The summed E-state index contributed by atoms with van der Waals surface area (Å²) < 4.78 is 39.8. The minimum Gasteiger partial charge on any atom is -0.361 e. The molecule has 10 heteroatoms. The van der Waals surface area contributed by atoms with E-state index in [2.05, 4.69) is 4.98 Å². The number of hydrogen-bond donors (Lipinski definition) is 1. The van der Waals surface area contributed by atoms with E-state index in [0.717, 1.165) is 34.2 Å². The quantitative estimate of drug-likeness (QED) is 0.218. The Kier molecular flexibility index (Phi) is 9.11. The molecule has 0 unspecified atom stereocenters. The van der Waals surface area contributed by atoms with Crippen molar-refractivity contribution in [2.75, 3.05) is 13.1 Å². The summed E-state index contributed by atoms with van der Waals surface area (Å²) in [6.07, 6.45) is -2.14. The van der Waals surface area contributed by atoms with Crippen molar-refractivity contribution in [2.45, 2.75) is 39.0 Å². The van der Waals surface area contributed by atoms with Gasteiger partial charge in [0.05, 0.1) is 15.6 Å². The summed E-state index contributed by atoms with van der Waals surface area (Å²) in [5.41, 5.74) is 1.71. The summed E-state index contributed by atoms with van der Waals surface area (Å²) in [4.78, 5) is 33.1. The second-order valence-electron chi connectivity index (χ2n) is 9.78. The van der Waals surface area contributed by atoms with Gasteiger partial charge in [-0.3, -0.25) is 9.59 Å². The fraction of sp³-hybridized carbons (Fsp3) is 0.267. The number of H-pyrrole nitrogens is 1. The molecule has 40 heavy (non-hydrogen) atoms. The third-order valence-corrected chi connectivity index (χ3v) is 7.40. The van der Waals surface area contributed by atoms with E-state index in [-0.39, 0.29) is 24.6 Å². The van der Waals surface area contributed by atoms with E-state index in [1.54, 1.807) is 36.9 Å². The number of aromatic amines is 1. The molecule has 4 rings (SSSR count). The number of amides is 2. The SMILES string of the molecule is CC(C)N(CC(=O)N(CCc1c[nH]c2ccccc12)Cc1ccc(Cl)c(Cl)c1)C(=O)c1cccc(C(F)(F)F)c1. The normalized spacial score (nSPS) is 11.7. The lowest BCUT2D eigenvalue weighted by molar-refractivity contribution is -0.137. The molecule has 5 nitrogen and oxygen atoms in total. The lowest BCUT2D eigenvalue weighted by Crippen LogP contribution is -2.46. The molecule has 1 aromatic heterocycles. The topological polar surface area (TPSA) is 56.4 Å². The van der Waals surface area contributed by atoms with Crippen LogP contribution in [0, 0.1) is 0 Å². The van der Waals surface area contributed by atoms with Gasteiger partial charge in [0.25, 0.3) is 5.91 Å². The summed E-state index contributed by atoms with van der Waals surface area (Å²) in [6.45, 7) is 3.68. The maximum atomic E-state index is 13.7. The lowest BCUT2D eigenvalue weighted by atomic mass is 10.1. The summed E-state index contributed by atoms with van der Waals surface area (Å²) in [6, 6.07) is 16.7. The number of para-hydroxylation sites is 1. The number of fused-ring (bicyclic) bond motifs is 1. The molecule has 0 radical (unpaired) electrons.